The summed E-state index contributed by atoms with van der Waals surface area (Å²) in [7, 11) is 0. The van der Waals surface area contributed by atoms with E-state index in [-0.39, 0.29) is 18.3 Å². The maximum atomic E-state index is 12.0. The highest BCUT2D eigenvalue weighted by atomic mass is 35.5. The number of carbonyl (C=O) groups excluding carboxylic acids is 1. The monoisotopic (exact) mass is 348 g/mol. The van der Waals surface area contributed by atoms with Crippen LogP contribution in [0, 0.1) is 13.8 Å². The van der Waals surface area contributed by atoms with Crippen LogP contribution >= 0.6 is 12.4 Å². The van der Waals surface area contributed by atoms with Crippen LogP contribution in [0.25, 0.3) is 0 Å². The summed E-state index contributed by atoms with van der Waals surface area (Å²) in [5.41, 5.74) is 9.36. The van der Waals surface area contributed by atoms with Gasteiger partial charge in [0, 0.05) is 17.8 Å². The molecule has 2 aromatic rings. The second-order valence-corrected chi connectivity index (χ2v) is 5.74. The standard InChI is InChI=1S/C19H24N2O2.ClH/c1-14-6-5-7-17(12-14)23-11-4-3-8-19(22)21-18-13-16(20)10-9-15(18)2;/h5-7,9-10,12-13H,3-4,8,11,20H2,1-2H3,(H,21,22);1H. The largest absolute Gasteiger partial charge is 0.494 e. The highest BCUT2D eigenvalue weighted by molar-refractivity contribution is 5.91. The number of aryl methyl sites for hydroxylation is 2. The van der Waals surface area contributed by atoms with Crippen LogP contribution < -0.4 is 15.8 Å². The quantitative estimate of drug-likeness (QED) is 0.572. The zero-order valence-electron chi connectivity index (χ0n) is 14.2. The normalized spacial score (nSPS) is 9.92. The minimum absolute atomic E-state index is 0. The van der Waals surface area contributed by atoms with Crippen LogP contribution in [0.2, 0.25) is 0 Å². The van der Waals surface area contributed by atoms with Gasteiger partial charge in [-0.2, -0.15) is 0 Å². The van der Waals surface area contributed by atoms with Crippen molar-refractivity contribution in [2.45, 2.75) is 33.1 Å². The third kappa shape index (κ3) is 6.50. The van der Waals surface area contributed by atoms with Crippen molar-refractivity contribution in [3.8, 4) is 5.75 Å². The lowest BCUT2D eigenvalue weighted by atomic mass is 10.1. The SMILES string of the molecule is Cc1cccc(OCCCCC(=O)Nc2cc(N)ccc2C)c1.Cl. The number of nitrogens with one attached hydrogen (secondary N) is 1. The Morgan fingerprint density at radius 2 is 1.92 bits per heavy atom. The molecule has 0 fully saturated rings. The van der Waals surface area contributed by atoms with Gasteiger partial charge in [-0.15, -0.1) is 12.4 Å². The van der Waals surface area contributed by atoms with Gasteiger partial charge < -0.3 is 15.8 Å². The predicted molar refractivity (Wildman–Crippen MR) is 102 cm³/mol. The predicted octanol–water partition coefficient (Wildman–Crippen LogP) is 4.50. The Morgan fingerprint density at radius 1 is 1.12 bits per heavy atom. The number of hydrogen-bond acceptors (Lipinski definition) is 3. The molecule has 5 heteroatoms. The smallest absolute Gasteiger partial charge is 0.224 e. The maximum absolute atomic E-state index is 12.0. The zero-order valence-corrected chi connectivity index (χ0v) is 15.0. The molecule has 3 N–H and O–H groups in total. The molecule has 1 amide bonds. The first kappa shape index (κ1) is 19.8. The molecular weight excluding hydrogens is 324 g/mol. The molecule has 0 saturated carbocycles. The second-order valence-electron chi connectivity index (χ2n) is 5.74. The fourth-order valence-corrected chi connectivity index (χ4v) is 2.27. The lowest BCUT2D eigenvalue weighted by Gasteiger charge is -2.09. The van der Waals surface area contributed by atoms with Gasteiger partial charge >= 0.3 is 0 Å². The number of amides is 1. The molecule has 24 heavy (non-hydrogen) atoms. The van der Waals surface area contributed by atoms with Crippen molar-refractivity contribution in [2.24, 2.45) is 0 Å². The first-order valence-electron chi connectivity index (χ1n) is 7.90. The molecule has 0 radical (unpaired) electrons. The van der Waals surface area contributed by atoms with Crippen molar-refractivity contribution >= 4 is 29.7 Å². The fraction of sp³-hybridized carbons (Fsp3) is 0.316. The van der Waals surface area contributed by atoms with Crippen LogP contribution in [0.4, 0.5) is 11.4 Å². The highest BCUT2D eigenvalue weighted by Gasteiger charge is 2.05. The van der Waals surface area contributed by atoms with E-state index >= 15 is 0 Å². The Morgan fingerprint density at radius 3 is 2.67 bits per heavy atom. The average Bonchev–Trinajstić information content (AvgIpc) is 2.51. The Labute approximate surface area is 149 Å². The van der Waals surface area contributed by atoms with Gasteiger partial charge in [0.15, 0.2) is 0 Å². The summed E-state index contributed by atoms with van der Waals surface area (Å²) >= 11 is 0. The number of hydrogen-bond donors (Lipinski definition) is 2. The first-order chi connectivity index (χ1) is 11.0. The molecule has 0 aliphatic heterocycles. The van der Waals surface area contributed by atoms with E-state index in [1.54, 1.807) is 6.07 Å². The van der Waals surface area contributed by atoms with Crippen LogP contribution in [-0.4, -0.2) is 12.5 Å². The molecule has 130 valence electrons. The lowest BCUT2D eigenvalue weighted by molar-refractivity contribution is -0.116. The van der Waals surface area contributed by atoms with Gasteiger partial charge in [-0.05, 0) is 62.1 Å². The first-order valence-corrected chi connectivity index (χ1v) is 7.90. The number of benzene rings is 2. The van der Waals surface area contributed by atoms with Crippen LogP contribution in [0.5, 0.6) is 5.75 Å². The van der Waals surface area contributed by atoms with Crippen LogP contribution in [-0.2, 0) is 4.79 Å². The number of halogens is 1. The third-order valence-electron chi connectivity index (χ3n) is 3.59. The summed E-state index contributed by atoms with van der Waals surface area (Å²) in [6.45, 7) is 4.61. The van der Waals surface area contributed by atoms with Gasteiger partial charge in [-0.1, -0.05) is 18.2 Å². The van der Waals surface area contributed by atoms with E-state index in [9.17, 15) is 4.79 Å². The van der Waals surface area contributed by atoms with Crippen molar-refractivity contribution < 1.29 is 9.53 Å². The molecule has 0 atom stereocenters. The molecule has 4 nitrogen and oxygen atoms in total. The molecular formula is C19H25ClN2O2. The Kier molecular flexibility index (Phi) is 8.13. The van der Waals surface area contributed by atoms with Gasteiger partial charge in [0.05, 0.1) is 6.61 Å². The van der Waals surface area contributed by atoms with Crippen molar-refractivity contribution in [1.82, 2.24) is 0 Å². The number of anilines is 2. The van der Waals surface area contributed by atoms with Crippen molar-refractivity contribution in [3.63, 3.8) is 0 Å². The minimum atomic E-state index is 0. The zero-order chi connectivity index (χ0) is 16.7. The summed E-state index contributed by atoms with van der Waals surface area (Å²) in [6, 6.07) is 13.5. The number of rotatable bonds is 7. The molecule has 2 aromatic carbocycles. The highest BCUT2D eigenvalue weighted by Crippen LogP contribution is 2.18. The minimum Gasteiger partial charge on any atom is -0.494 e. The van der Waals surface area contributed by atoms with Gasteiger partial charge in [0.1, 0.15) is 5.75 Å². The molecule has 0 unspecified atom stereocenters. The number of carbonyl (C=O) groups is 1. The summed E-state index contributed by atoms with van der Waals surface area (Å²) in [5, 5.41) is 2.91. The average molecular weight is 349 g/mol. The van der Waals surface area contributed by atoms with E-state index in [1.165, 1.54) is 5.56 Å². The van der Waals surface area contributed by atoms with E-state index in [1.807, 2.05) is 50.2 Å². The summed E-state index contributed by atoms with van der Waals surface area (Å²) in [6.07, 6.45) is 2.11. The topological polar surface area (TPSA) is 64.3 Å². The second kappa shape index (κ2) is 9.83. The van der Waals surface area contributed by atoms with Crippen LogP contribution in [0.1, 0.15) is 30.4 Å². The van der Waals surface area contributed by atoms with Gasteiger partial charge in [0.25, 0.3) is 0 Å². The summed E-state index contributed by atoms with van der Waals surface area (Å²) in [4.78, 5) is 12.0. The number of nitrogens with two attached hydrogens (primary N) is 1. The van der Waals surface area contributed by atoms with E-state index in [2.05, 4.69) is 5.32 Å². The van der Waals surface area contributed by atoms with E-state index in [4.69, 9.17) is 10.5 Å². The fourth-order valence-electron chi connectivity index (χ4n) is 2.27. The van der Waals surface area contributed by atoms with Crippen molar-refractivity contribution in [2.75, 3.05) is 17.7 Å². The van der Waals surface area contributed by atoms with Crippen molar-refractivity contribution in [3.05, 3.63) is 53.6 Å². The number of unbranched alkanes of at least 4 members (excludes halogenated alkanes) is 1. The summed E-state index contributed by atoms with van der Waals surface area (Å²) < 4.78 is 5.67. The Hall–Kier alpha value is -2.20. The third-order valence-corrected chi connectivity index (χ3v) is 3.59. The van der Waals surface area contributed by atoms with Crippen LogP contribution in [0.3, 0.4) is 0 Å². The molecule has 2 rings (SSSR count). The Balaban J connectivity index is 0.00000288. The molecule has 0 heterocycles. The molecule has 0 aliphatic carbocycles. The van der Waals surface area contributed by atoms with E-state index < -0.39 is 0 Å². The van der Waals surface area contributed by atoms with Crippen molar-refractivity contribution in [1.29, 1.82) is 0 Å². The Bertz CT molecular complexity index is 674. The molecule has 0 aliphatic rings. The van der Waals surface area contributed by atoms with Gasteiger partial charge in [0.2, 0.25) is 5.91 Å². The van der Waals surface area contributed by atoms with E-state index in [0.29, 0.717) is 18.7 Å². The van der Waals surface area contributed by atoms with Gasteiger partial charge in [-0.25, -0.2) is 0 Å². The lowest BCUT2D eigenvalue weighted by Crippen LogP contribution is -2.12. The maximum Gasteiger partial charge on any atom is 0.224 e. The molecule has 0 bridgehead atoms. The van der Waals surface area contributed by atoms with E-state index in [0.717, 1.165) is 29.8 Å². The molecule has 0 spiro atoms. The molecule has 0 aromatic heterocycles. The van der Waals surface area contributed by atoms with Crippen LogP contribution in [0.15, 0.2) is 42.5 Å². The van der Waals surface area contributed by atoms with Gasteiger partial charge in [-0.3, -0.25) is 4.79 Å². The molecule has 0 saturated heterocycles. The number of nitrogen functional groups attached to an aromatic ring is 1. The summed E-state index contributed by atoms with van der Waals surface area (Å²) in [5.74, 6) is 0.888. The number of ether oxygens (including phenoxy) is 1.